The van der Waals surface area contributed by atoms with Gasteiger partial charge in [0.2, 0.25) is 0 Å². The Morgan fingerprint density at radius 2 is 0.500 bits per heavy atom. The molecule has 7 fully saturated rings. The van der Waals surface area contributed by atoms with Crippen molar-refractivity contribution in [1.29, 1.82) is 0 Å². The van der Waals surface area contributed by atoms with Crippen LogP contribution in [0.5, 0.6) is 0 Å². The zero-order valence-electron chi connectivity index (χ0n) is 17.1. The smallest absolute Gasteiger partial charge is 0.349 e. The van der Waals surface area contributed by atoms with Crippen LogP contribution >= 0.6 is 0 Å². The molecule has 0 bridgehead atoms. The standard InChI is InChI=1S/C18H30O9Si3/c1-2-13(1)19-28(20-14-3-4-14)25-29(21-15-5-6-15,22-16-7-8-16)27-30(26-28,23-17-9-10-17)24-18-11-12-18/h13-18H,1-12H2. The molecule has 0 aromatic rings. The summed E-state index contributed by atoms with van der Waals surface area (Å²) in [5, 5.41) is 0. The summed E-state index contributed by atoms with van der Waals surface area (Å²) in [5.41, 5.74) is 0. The minimum absolute atomic E-state index is 0.0932. The van der Waals surface area contributed by atoms with Crippen LogP contribution < -0.4 is 0 Å². The number of hydrogen-bond acceptors (Lipinski definition) is 9. The topological polar surface area (TPSA) is 83.1 Å². The van der Waals surface area contributed by atoms with Crippen LogP contribution in [0.2, 0.25) is 0 Å². The summed E-state index contributed by atoms with van der Waals surface area (Å²) in [4.78, 5) is 0. The van der Waals surface area contributed by atoms with E-state index in [1.54, 1.807) is 0 Å². The first-order valence-corrected chi connectivity index (χ1v) is 16.7. The van der Waals surface area contributed by atoms with Crippen molar-refractivity contribution in [1.82, 2.24) is 0 Å². The lowest BCUT2D eigenvalue weighted by Gasteiger charge is -2.46. The average Bonchev–Trinajstić information content (AvgIpc) is 3.41. The lowest BCUT2D eigenvalue weighted by atomic mass is 10.9. The van der Waals surface area contributed by atoms with Gasteiger partial charge in [0.25, 0.3) is 0 Å². The van der Waals surface area contributed by atoms with E-state index in [4.69, 9.17) is 38.9 Å². The minimum Gasteiger partial charge on any atom is -0.349 e. The molecule has 0 radical (unpaired) electrons. The molecule has 9 nitrogen and oxygen atoms in total. The Bertz CT molecular complexity index is 529. The zero-order valence-corrected chi connectivity index (χ0v) is 20.1. The fourth-order valence-electron chi connectivity index (χ4n) is 3.23. The third-order valence-electron chi connectivity index (χ3n) is 5.76. The Morgan fingerprint density at radius 1 is 0.333 bits per heavy atom. The van der Waals surface area contributed by atoms with Gasteiger partial charge in [0, 0.05) is 0 Å². The molecule has 0 spiro atoms. The van der Waals surface area contributed by atoms with Crippen molar-refractivity contribution < 1.29 is 38.9 Å². The van der Waals surface area contributed by atoms with Crippen LogP contribution in [0.3, 0.4) is 0 Å². The van der Waals surface area contributed by atoms with Crippen molar-refractivity contribution in [2.75, 3.05) is 0 Å². The molecule has 0 N–H and O–H groups in total. The molecule has 0 aromatic carbocycles. The molecule has 0 amide bonds. The molecular formula is C18H30O9Si3. The minimum atomic E-state index is -3.61. The third kappa shape index (κ3) is 4.79. The molecule has 7 rings (SSSR count). The molecule has 30 heavy (non-hydrogen) atoms. The predicted octanol–water partition coefficient (Wildman–Crippen LogP) is 2.43. The van der Waals surface area contributed by atoms with Gasteiger partial charge >= 0.3 is 27.1 Å². The van der Waals surface area contributed by atoms with E-state index in [1.165, 1.54) is 0 Å². The summed E-state index contributed by atoms with van der Waals surface area (Å²) in [6.45, 7) is 0. The van der Waals surface area contributed by atoms with Crippen molar-refractivity contribution in [3.05, 3.63) is 0 Å². The molecule has 6 saturated carbocycles. The summed E-state index contributed by atoms with van der Waals surface area (Å²) in [7, 11) is -10.8. The van der Waals surface area contributed by atoms with Gasteiger partial charge in [-0.1, -0.05) is 0 Å². The maximum Gasteiger partial charge on any atom is 0.668 e. The second-order valence-corrected chi connectivity index (χ2v) is 16.6. The van der Waals surface area contributed by atoms with Crippen molar-refractivity contribution >= 4 is 27.1 Å². The Kier molecular flexibility index (Phi) is 4.70. The normalized spacial score (nSPS) is 34.8. The SMILES string of the molecule is C1CC1O[Si]1(OC2CC2)O[Si](OC2CC2)(OC2CC2)O[Si](OC2CC2)(OC2CC2)O1. The van der Waals surface area contributed by atoms with Gasteiger partial charge in [-0.25, -0.2) is 0 Å². The highest BCUT2D eigenvalue weighted by Crippen LogP contribution is 2.47. The molecule has 1 aliphatic heterocycles. The van der Waals surface area contributed by atoms with Crippen LogP contribution in [0.1, 0.15) is 77.0 Å². The first-order chi connectivity index (χ1) is 14.6. The molecular weight excluding hydrogens is 444 g/mol. The Hall–Kier alpha value is 0.291. The molecule has 12 heteroatoms. The monoisotopic (exact) mass is 474 g/mol. The highest BCUT2D eigenvalue weighted by atomic mass is 28.6. The first-order valence-electron chi connectivity index (χ1n) is 11.8. The van der Waals surface area contributed by atoms with Crippen LogP contribution in [0.25, 0.3) is 0 Å². The van der Waals surface area contributed by atoms with Gasteiger partial charge in [0.15, 0.2) is 0 Å². The van der Waals surface area contributed by atoms with Crippen LogP contribution in [-0.2, 0) is 38.9 Å². The van der Waals surface area contributed by atoms with Crippen LogP contribution in [0.15, 0.2) is 0 Å². The lowest BCUT2D eigenvalue weighted by molar-refractivity contribution is -0.122. The molecule has 1 heterocycles. The summed E-state index contributed by atoms with van der Waals surface area (Å²) >= 11 is 0. The van der Waals surface area contributed by atoms with Crippen molar-refractivity contribution in [3.63, 3.8) is 0 Å². The molecule has 6 aliphatic carbocycles. The van der Waals surface area contributed by atoms with Gasteiger partial charge in [-0.05, 0) is 77.0 Å². The predicted molar refractivity (Wildman–Crippen MR) is 105 cm³/mol. The lowest BCUT2D eigenvalue weighted by Crippen LogP contribution is -2.77. The Balaban J connectivity index is 1.25. The summed E-state index contributed by atoms with van der Waals surface area (Å²) in [6, 6.07) is 0. The average molecular weight is 475 g/mol. The van der Waals surface area contributed by atoms with Gasteiger partial charge in [0.1, 0.15) is 0 Å². The summed E-state index contributed by atoms with van der Waals surface area (Å²) in [6.07, 6.45) is 12.4. The van der Waals surface area contributed by atoms with Crippen LogP contribution in [0, 0.1) is 0 Å². The van der Waals surface area contributed by atoms with E-state index in [2.05, 4.69) is 0 Å². The van der Waals surface area contributed by atoms with E-state index in [0.29, 0.717) is 0 Å². The van der Waals surface area contributed by atoms with Gasteiger partial charge in [-0.15, -0.1) is 0 Å². The Morgan fingerprint density at radius 3 is 0.633 bits per heavy atom. The molecule has 7 aliphatic rings. The molecule has 0 atom stereocenters. The molecule has 168 valence electrons. The second-order valence-electron chi connectivity index (χ2n) is 9.71. The van der Waals surface area contributed by atoms with E-state index in [0.717, 1.165) is 77.0 Å². The zero-order chi connectivity index (χ0) is 19.8. The van der Waals surface area contributed by atoms with Gasteiger partial charge in [-0.2, -0.15) is 0 Å². The number of rotatable bonds is 12. The highest BCUT2D eigenvalue weighted by molar-refractivity contribution is 6.82. The fourth-order valence-corrected chi connectivity index (χ4v) is 14.9. The van der Waals surface area contributed by atoms with E-state index >= 15 is 0 Å². The van der Waals surface area contributed by atoms with E-state index in [9.17, 15) is 0 Å². The van der Waals surface area contributed by atoms with E-state index < -0.39 is 27.1 Å². The molecule has 0 unspecified atom stereocenters. The molecule has 1 saturated heterocycles. The van der Waals surface area contributed by atoms with E-state index in [1.807, 2.05) is 0 Å². The van der Waals surface area contributed by atoms with Gasteiger partial charge in [-0.3, -0.25) is 0 Å². The highest BCUT2D eigenvalue weighted by Gasteiger charge is 2.78. The maximum absolute atomic E-state index is 6.54. The fraction of sp³-hybridized carbons (Fsp3) is 1.00. The van der Waals surface area contributed by atoms with Crippen molar-refractivity contribution in [2.24, 2.45) is 0 Å². The second kappa shape index (κ2) is 7.14. The van der Waals surface area contributed by atoms with Gasteiger partial charge < -0.3 is 38.9 Å². The number of hydrogen-bond donors (Lipinski definition) is 0. The van der Waals surface area contributed by atoms with Crippen LogP contribution in [0.4, 0.5) is 0 Å². The van der Waals surface area contributed by atoms with Crippen molar-refractivity contribution in [3.8, 4) is 0 Å². The summed E-state index contributed by atoms with van der Waals surface area (Å²) in [5.74, 6) is 0. The van der Waals surface area contributed by atoms with Crippen molar-refractivity contribution in [2.45, 2.75) is 114 Å². The first kappa shape index (κ1) is 19.7. The third-order valence-corrected chi connectivity index (χ3v) is 15.5. The largest absolute Gasteiger partial charge is 0.668 e. The maximum atomic E-state index is 6.54. The van der Waals surface area contributed by atoms with Gasteiger partial charge in [0.05, 0.1) is 36.6 Å². The quantitative estimate of drug-likeness (QED) is 0.396. The summed E-state index contributed by atoms with van der Waals surface area (Å²) < 4.78 is 58.0. The van der Waals surface area contributed by atoms with E-state index in [-0.39, 0.29) is 36.6 Å². The van der Waals surface area contributed by atoms with Crippen LogP contribution in [-0.4, -0.2) is 63.8 Å². The Labute approximate surface area is 180 Å². The molecule has 0 aromatic heterocycles.